The molecule has 0 radical (unpaired) electrons. The Balaban J connectivity index is 1.34. The Morgan fingerprint density at radius 3 is 2.36 bits per heavy atom. The van der Waals surface area contributed by atoms with E-state index < -0.39 is 22.9 Å². The number of nitrogens with zero attached hydrogens (tertiary/aromatic N) is 6. The van der Waals surface area contributed by atoms with Crippen molar-refractivity contribution in [2.75, 3.05) is 41.3 Å². The smallest absolute Gasteiger partial charge is 0.417 e. The average Bonchev–Trinajstić information content (AvgIpc) is 3.01. The largest absolute Gasteiger partial charge is 0.423 e. The molecule has 5 aromatic rings. The van der Waals surface area contributed by atoms with Crippen LogP contribution in [0, 0.1) is 17.1 Å². The first-order chi connectivity index (χ1) is 21.2. The fourth-order valence-corrected chi connectivity index (χ4v) is 4.75. The number of anilines is 4. The Kier molecular flexibility index (Phi) is 7.44. The van der Waals surface area contributed by atoms with Gasteiger partial charge in [0.25, 0.3) is 0 Å². The van der Waals surface area contributed by atoms with Crippen LogP contribution >= 0.6 is 0 Å². The summed E-state index contributed by atoms with van der Waals surface area (Å²) in [4.78, 5) is 29.2. The first-order valence-electron chi connectivity index (χ1n) is 13.3. The number of piperazine rings is 1. The molecule has 0 atom stereocenters. The van der Waals surface area contributed by atoms with Crippen LogP contribution < -0.4 is 25.5 Å². The van der Waals surface area contributed by atoms with Crippen LogP contribution in [0.3, 0.4) is 0 Å². The quantitative estimate of drug-likeness (QED) is 0.186. The van der Waals surface area contributed by atoms with Gasteiger partial charge in [0.2, 0.25) is 11.9 Å². The highest BCUT2D eigenvalue weighted by atomic mass is 19.4. The van der Waals surface area contributed by atoms with Crippen LogP contribution in [0.2, 0.25) is 0 Å². The molecule has 3 aromatic carbocycles. The molecule has 1 aliphatic heterocycles. The second kappa shape index (κ2) is 11.5. The van der Waals surface area contributed by atoms with Gasteiger partial charge in [0.15, 0.2) is 0 Å². The second-order valence-electron chi connectivity index (χ2n) is 9.71. The highest BCUT2D eigenvalue weighted by Gasteiger charge is 2.34. The number of halogens is 4. The number of nitriles is 1. The first-order valence-corrected chi connectivity index (χ1v) is 13.3. The number of hydrogen-bond donors (Lipinski definition) is 1. The molecule has 0 unspecified atom stereocenters. The number of para-hydroxylation sites is 1. The molecule has 1 fully saturated rings. The summed E-state index contributed by atoms with van der Waals surface area (Å²) in [6.45, 7) is 2.00. The molecule has 44 heavy (non-hydrogen) atoms. The van der Waals surface area contributed by atoms with E-state index in [9.17, 15) is 22.4 Å². The molecule has 0 aliphatic carbocycles. The Bertz CT molecular complexity index is 1930. The fourth-order valence-electron chi connectivity index (χ4n) is 4.75. The second-order valence-corrected chi connectivity index (χ2v) is 9.71. The molecule has 2 aromatic heterocycles. The van der Waals surface area contributed by atoms with Crippen LogP contribution in [-0.4, -0.2) is 41.1 Å². The van der Waals surface area contributed by atoms with E-state index in [1.165, 1.54) is 18.2 Å². The number of aromatic nitrogens is 3. The minimum absolute atomic E-state index is 0.0219. The van der Waals surface area contributed by atoms with Crippen LogP contribution in [-0.2, 0) is 6.18 Å². The van der Waals surface area contributed by atoms with Gasteiger partial charge in [-0.3, -0.25) is 0 Å². The van der Waals surface area contributed by atoms with Crippen LogP contribution in [0.15, 0.2) is 82.0 Å². The minimum atomic E-state index is -4.76. The van der Waals surface area contributed by atoms with Crippen molar-refractivity contribution in [3.8, 4) is 17.8 Å². The van der Waals surface area contributed by atoms with Crippen molar-refractivity contribution in [2.45, 2.75) is 6.18 Å². The molecule has 10 nitrogen and oxygen atoms in total. The summed E-state index contributed by atoms with van der Waals surface area (Å²) >= 11 is 0. The zero-order chi connectivity index (χ0) is 30.8. The summed E-state index contributed by atoms with van der Waals surface area (Å²) in [5.74, 6) is -0.179. The zero-order valence-electron chi connectivity index (χ0n) is 22.7. The van der Waals surface area contributed by atoms with Crippen molar-refractivity contribution < 1.29 is 26.7 Å². The summed E-state index contributed by atoms with van der Waals surface area (Å²) in [5.41, 5.74) is -1.21. The van der Waals surface area contributed by atoms with Gasteiger partial charge in [0.05, 0.1) is 28.6 Å². The van der Waals surface area contributed by atoms with Crippen LogP contribution in [0.1, 0.15) is 11.1 Å². The van der Waals surface area contributed by atoms with Gasteiger partial charge in [-0.05, 0) is 54.6 Å². The van der Waals surface area contributed by atoms with Crippen molar-refractivity contribution in [1.29, 1.82) is 5.26 Å². The first kappa shape index (κ1) is 28.4. The lowest BCUT2D eigenvalue weighted by atomic mass is 10.1. The maximum absolute atomic E-state index is 13.6. The third-order valence-corrected chi connectivity index (χ3v) is 6.87. The SMILES string of the molecule is N#Cc1ccc(Nc2nc(Oc3cc(=O)oc4ccccc34)nc(N3CCN(c4ccc(F)cc4)CC3)n2)cc1C(F)(F)F. The predicted molar refractivity (Wildman–Crippen MR) is 153 cm³/mol. The maximum atomic E-state index is 13.6. The van der Waals surface area contributed by atoms with Crippen molar-refractivity contribution in [3.05, 3.63) is 100 Å². The summed E-state index contributed by atoms with van der Waals surface area (Å²) in [6, 6.07) is 18.4. The van der Waals surface area contributed by atoms with E-state index >= 15 is 0 Å². The molecule has 1 aliphatic rings. The molecule has 0 saturated carbocycles. The lowest BCUT2D eigenvalue weighted by Gasteiger charge is -2.36. The fraction of sp³-hybridized carbons (Fsp3) is 0.167. The van der Waals surface area contributed by atoms with Crippen molar-refractivity contribution >= 4 is 34.2 Å². The molecular formula is C30H21F4N7O3. The van der Waals surface area contributed by atoms with E-state index in [2.05, 4.69) is 25.2 Å². The lowest BCUT2D eigenvalue weighted by Crippen LogP contribution is -2.47. The lowest BCUT2D eigenvalue weighted by molar-refractivity contribution is -0.137. The monoisotopic (exact) mass is 603 g/mol. The summed E-state index contributed by atoms with van der Waals surface area (Å²) in [7, 11) is 0. The minimum Gasteiger partial charge on any atom is -0.423 e. The van der Waals surface area contributed by atoms with E-state index in [1.807, 2.05) is 4.90 Å². The van der Waals surface area contributed by atoms with Gasteiger partial charge in [-0.1, -0.05) is 12.1 Å². The predicted octanol–water partition coefficient (Wildman–Crippen LogP) is 5.87. The van der Waals surface area contributed by atoms with Crippen molar-refractivity contribution in [1.82, 2.24) is 15.0 Å². The van der Waals surface area contributed by atoms with Gasteiger partial charge >= 0.3 is 17.8 Å². The summed E-state index contributed by atoms with van der Waals surface area (Å²) < 4.78 is 65.4. The molecule has 0 amide bonds. The Labute approximate surface area is 246 Å². The van der Waals surface area contributed by atoms with E-state index in [0.29, 0.717) is 31.6 Å². The zero-order valence-corrected chi connectivity index (χ0v) is 22.7. The van der Waals surface area contributed by atoms with Gasteiger partial charge in [-0.25, -0.2) is 9.18 Å². The number of fused-ring (bicyclic) bond motifs is 1. The van der Waals surface area contributed by atoms with Gasteiger partial charge in [-0.15, -0.1) is 0 Å². The van der Waals surface area contributed by atoms with Gasteiger partial charge in [-0.2, -0.15) is 33.4 Å². The van der Waals surface area contributed by atoms with E-state index in [1.54, 1.807) is 42.5 Å². The number of rotatable bonds is 6. The van der Waals surface area contributed by atoms with Gasteiger partial charge < -0.3 is 24.3 Å². The molecular weight excluding hydrogens is 582 g/mol. The van der Waals surface area contributed by atoms with Gasteiger partial charge in [0.1, 0.15) is 17.1 Å². The maximum Gasteiger partial charge on any atom is 0.417 e. The number of ether oxygens (including phenoxy) is 1. The highest BCUT2D eigenvalue weighted by molar-refractivity contribution is 5.83. The number of benzene rings is 3. The molecule has 3 heterocycles. The standard InChI is InChI=1S/C30H21F4N7O3/c31-19-6-9-21(10-7-19)40-11-13-41(14-12-40)28-37-27(36-20-8-5-18(17-35)23(15-20)30(32,33)34)38-29(39-28)44-25-16-26(42)43-24-4-2-1-3-22(24)25/h1-10,15-16H,11-14H2,(H,36,37,38,39). The third kappa shape index (κ3) is 6.07. The number of nitrogens with one attached hydrogen (secondary N) is 1. The summed E-state index contributed by atoms with van der Waals surface area (Å²) in [5, 5.41) is 12.4. The Morgan fingerprint density at radius 1 is 0.909 bits per heavy atom. The molecule has 0 bridgehead atoms. The molecule has 0 spiro atoms. The molecule has 6 rings (SSSR count). The van der Waals surface area contributed by atoms with Crippen molar-refractivity contribution in [3.63, 3.8) is 0 Å². The van der Waals surface area contributed by atoms with Crippen LogP contribution in [0.4, 0.5) is 40.8 Å². The Hall–Kier alpha value is -5.71. The topological polar surface area (TPSA) is 120 Å². The highest BCUT2D eigenvalue weighted by Crippen LogP contribution is 2.34. The number of alkyl halides is 3. The normalized spacial score (nSPS) is 13.5. The van der Waals surface area contributed by atoms with Crippen LogP contribution in [0.5, 0.6) is 11.8 Å². The van der Waals surface area contributed by atoms with Gasteiger partial charge in [0, 0.05) is 37.6 Å². The average molecular weight is 604 g/mol. The van der Waals surface area contributed by atoms with E-state index in [0.717, 1.165) is 23.9 Å². The third-order valence-electron chi connectivity index (χ3n) is 6.87. The molecule has 222 valence electrons. The Morgan fingerprint density at radius 2 is 1.64 bits per heavy atom. The van der Waals surface area contributed by atoms with Crippen LogP contribution in [0.25, 0.3) is 11.0 Å². The van der Waals surface area contributed by atoms with E-state index in [-0.39, 0.29) is 40.7 Å². The van der Waals surface area contributed by atoms with Crippen molar-refractivity contribution in [2.24, 2.45) is 0 Å². The molecule has 1 N–H and O–H groups in total. The summed E-state index contributed by atoms with van der Waals surface area (Å²) in [6.07, 6.45) is -4.76. The number of hydrogen-bond acceptors (Lipinski definition) is 10. The molecule has 1 saturated heterocycles. The van der Waals surface area contributed by atoms with E-state index in [4.69, 9.17) is 14.4 Å². The molecule has 14 heteroatoms.